The lowest BCUT2D eigenvalue weighted by atomic mass is 9.74. The number of primary amides is 1. The molecule has 10 amide bonds. The molecule has 1 saturated heterocycles. The van der Waals surface area contributed by atoms with E-state index in [4.69, 9.17) is 5.73 Å². The van der Waals surface area contributed by atoms with E-state index in [1.54, 1.807) is 19.1 Å². The van der Waals surface area contributed by atoms with Crippen molar-refractivity contribution < 1.29 is 61.5 Å². The van der Waals surface area contributed by atoms with Crippen LogP contribution in [0, 0.1) is 29.9 Å². The van der Waals surface area contributed by atoms with Crippen molar-refractivity contribution in [3.05, 3.63) is 161 Å². The SMILES string of the molecule is Cc1ccc(C[C@@H]2NC(=O)[C@H](Cc3cnc[nH]3)NC(=O)[C@@H]3CC(=O)NCCCC[C@H](NC(=O)CCSCc4cccc(c4)CSC[C@@H](C(N)=O)NC(=O)[C@]4(C)CCCC4C2=O)C(=O)NCC(=O)N[C@@H](Cc2c[nH]c4ccc(F)cc24)C(=O)N[C@@H](Cc2c[nH]c4ccc(F)cc24)C(=O)N3)cc1. The Kier molecular flexibility index (Phi) is 24.6. The van der Waals surface area contributed by atoms with Crippen LogP contribution in [0.5, 0.6) is 0 Å². The van der Waals surface area contributed by atoms with E-state index in [1.165, 1.54) is 84.8 Å². The molecule has 25 nitrogen and oxygen atoms in total. The number of Topliss-reactive ketones (excluding diaryl/α,β-unsaturated/α-hetero) is 1. The van der Waals surface area contributed by atoms with Crippen molar-refractivity contribution in [1.82, 2.24) is 67.8 Å². The number of halogens is 2. The van der Waals surface area contributed by atoms with Gasteiger partial charge in [-0.2, -0.15) is 23.5 Å². The number of hydrogen-bond acceptors (Lipinski definition) is 14. The van der Waals surface area contributed by atoms with Gasteiger partial charge in [0, 0.05) is 107 Å². The molecular formula is C71H82F2N14O11S2. The van der Waals surface area contributed by atoms with E-state index in [9.17, 15) is 33.2 Å². The molecule has 1 unspecified atom stereocenters. The quantitative estimate of drug-likeness (QED) is 0.0977. The van der Waals surface area contributed by atoms with Crippen LogP contribution in [0.4, 0.5) is 8.78 Å². The number of aromatic amines is 3. The van der Waals surface area contributed by atoms with E-state index in [0.29, 0.717) is 67.9 Å². The molecule has 10 rings (SSSR count). The summed E-state index contributed by atoms with van der Waals surface area (Å²) in [6.45, 7) is 2.81. The van der Waals surface area contributed by atoms with Gasteiger partial charge in [-0.1, -0.05) is 67.4 Å². The van der Waals surface area contributed by atoms with Crippen LogP contribution >= 0.6 is 23.5 Å². The highest BCUT2D eigenvalue weighted by Gasteiger charge is 2.51. The molecule has 1 saturated carbocycles. The number of nitrogens with one attached hydrogen (secondary N) is 12. The predicted molar refractivity (Wildman–Crippen MR) is 372 cm³/mol. The van der Waals surface area contributed by atoms with Gasteiger partial charge in [-0.05, 0) is 110 Å². The van der Waals surface area contributed by atoms with Gasteiger partial charge in [0.15, 0.2) is 5.78 Å². The Hall–Kier alpha value is -9.90. The van der Waals surface area contributed by atoms with Crippen LogP contribution in [-0.4, -0.2) is 152 Å². The summed E-state index contributed by atoms with van der Waals surface area (Å²) in [5, 5.41) is 25.3. The number of carbonyl (C=O) groups excluding carboxylic acids is 11. The molecule has 2 aliphatic heterocycles. The normalized spacial score (nSPS) is 24.6. The molecule has 528 valence electrons. The zero-order chi connectivity index (χ0) is 71.0. The van der Waals surface area contributed by atoms with Crippen molar-refractivity contribution in [2.45, 2.75) is 145 Å². The molecule has 3 aromatic heterocycles. The number of imidazole rings is 1. The maximum atomic E-state index is 15.4. The van der Waals surface area contributed by atoms with Crippen LogP contribution in [0.25, 0.3) is 21.8 Å². The average Bonchev–Trinajstić information content (AvgIpc) is 1.59. The molecule has 29 heteroatoms. The van der Waals surface area contributed by atoms with Crippen molar-refractivity contribution in [1.29, 1.82) is 0 Å². The van der Waals surface area contributed by atoms with E-state index in [1.807, 2.05) is 43.3 Å². The van der Waals surface area contributed by atoms with E-state index in [2.05, 4.69) is 67.8 Å². The number of amides is 10. The lowest BCUT2D eigenvalue weighted by molar-refractivity contribution is -0.141. The van der Waals surface area contributed by atoms with E-state index >= 15 is 28.4 Å². The molecule has 4 aromatic carbocycles. The number of benzene rings is 4. The summed E-state index contributed by atoms with van der Waals surface area (Å²) < 4.78 is 29.9. The van der Waals surface area contributed by atoms with Gasteiger partial charge < -0.3 is 68.5 Å². The zero-order valence-corrected chi connectivity index (χ0v) is 57.0. The standard InChI is InChI=1S/C71H82F2N14O11S2/c1-39-11-13-40(14-12-39)24-54-63(91)50-9-6-20-71(50,2)70(98)87-59(64(74)92)37-100-36-42-8-5-7-41(23-42)35-99-22-19-60(88)81-53-10-3-4-21-76-61(89)30-58(69(97)85-57(68(96)83-54)29-47-33-75-38-80-47)86-67(95)56(26-44-32-78-52-18-16-46(73)28-49(44)52)84-66(94)55(82-62(90)34-79-65(53)93)25-43-31-77-51-17-15-45(72)27-48(43)51/h5,7-8,11-18,23,27-28,31-33,38,50,53-59,77-78H,3-4,6,9-10,19-22,24-26,29-30,34-37H2,1-2H3,(H2,74,92)(H,75,80)(H,76,89)(H,79,93)(H,81,88)(H,82,90)(H,83,96)(H,84,94)(H,85,97)(H,86,95)(H,87,98)/t50?,53-,54-,55-,56-,57-,58-,59-,71+/m0/s1. The van der Waals surface area contributed by atoms with Crippen LogP contribution in [0.2, 0.25) is 0 Å². The molecule has 0 radical (unpaired) electrons. The number of H-pyrrole nitrogens is 3. The van der Waals surface area contributed by atoms with Crippen LogP contribution in [0.3, 0.4) is 0 Å². The molecular weight excluding hydrogens is 1330 g/mol. The summed E-state index contributed by atoms with van der Waals surface area (Å²) >= 11 is 2.85. The van der Waals surface area contributed by atoms with Crippen molar-refractivity contribution in [2.24, 2.45) is 17.1 Å². The number of aromatic nitrogens is 4. The zero-order valence-electron chi connectivity index (χ0n) is 55.3. The Morgan fingerprint density at radius 3 is 1.89 bits per heavy atom. The Labute approximate surface area is 583 Å². The number of rotatable bonds is 9. The largest absolute Gasteiger partial charge is 0.368 e. The summed E-state index contributed by atoms with van der Waals surface area (Å²) in [5.41, 5.74) is 9.93. The first-order chi connectivity index (χ1) is 48.0. The third-order valence-electron chi connectivity index (χ3n) is 18.5. The number of hydrogen-bond donors (Lipinski definition) is 13. The lowest BCUT2D eigenvalue weighted by Crippen LogP contribution is -2.61. The van der Waals surface area contributed by atoms with E-state index in [-0.39, 0.29) is 70.1 Å². The first-order valence-corrected chi connectivity index (χ1v) is 35.6. The Morgan fingerprint density at radius 1 is 0.600 bits per heavy atom. The van der Waals surface area contributed by atoms with Gasteiger partial charge in [0.2, 0.25) is 59.1 Å². The second-order valence-corrected chi connectivity index (χ2v) is 28.1. The van der Waals surface area contributed by atoms with Crippen molar-refractivity contribution in [2.75, 3.05) is 24.6 Å². The molecule has 2 fully saturated rings. The molecule has 3 aliphatic rings. The number of ketones is 1. The fourth-order valence-electron chi connectivity index (χ4n) is 12.9. The first-order valence-electron chi connectivity index (χ1n) is 33.3. The Morgan fingerprint density at radius 2 is 1.23 bits per heavy atom. The summed E-state index contributed by atoms with van der Waals surface area (Å²) in [6, 6.07) is 12.5. The molecule has 9 atom stereocenters. The average molecular weight is 1410 g/mol. The molecule has 7 aromatic rings. The molecule has 1 aliphatic carbocycles. The number of carbonyl (C=O) groups is 11. The Bertz CT molecular complexity index is 4170. The monoisotopic (exact) mass is 1410 g/mol. The third-order valence-corrected chi connectivity index (χ3v) is 20.7. The van der Waals surface area contributed by atoms with Gasteiger partial charge in [0.05, 0.1) is 30.7 Å². The highest BCUT2D eigenvalue weighted by Crippen LogP contribution is 2.45. The van der Waals surface area contributed by atoms with Gasteiger partial charge in [0.25, 0.3) is 0 Å². The van der Waals surface area contributed by atoms with E-state index < -0.39 is 150 Å². The number of aryl methyl sites for hydroxylation is 1. The number of fused-ring (bicyclic) bond motifs is 13. The smallest absolute Gasteiger partial charge is 0.243 e. The number of nitrogens with zero attached hydrogens (tertiary/aromatic N) is 1. The minimum atomic E-state index is -1.85. The summed E-state index contributed by atoms with van der Waals surface area (Å²) in [7, 11) is 0. The summed E-state index contributed by atoms with van der Waals surface area (Å²) in [5.74, 6) is -9.54. The van der Waals surface area contributed by atoms with Gasteiger partial charge in [-0.25, -0.2) is 13.8 Å². The second-order valence-electron chi connectivity index (χ2n) is 26.0. The van der Waals surface area contributed by atoms with Crippen LogP contribution in [-0.2, 0) is 89.9 Å². The highest BCUT2D eigenvalue weighted by molar-refractivity contribution is 7.98. The predicted octanol–water partition coefficient (Wildman–Crippen LogP) is 3.86. The molecule has 4 bridgehead atoms. The van der Waals surface area contributed by atoms with Crippen LogP contribution < -0.4 is 53.6 Å². The second kappa shape index (κ2) is 33.8. The minimum Gasteiger partial charge on any atom is -0.368 e. The van der Waals surface area contributed by atoms with Crippen molar-refractivity contribution >= 4 is 110 Å². The Balaban J connectivity index is 1.02. The lowest BCUT2D eigenvalue weighted by Gasteiger charge is -2.33. The van der Waals surface area contributed by atoms with Crippen LogP contribution in [0.1, 0.15) is 97.4 Å². The van der Waals surface area contributed by atoms with Gasteiger partial charge >= 0.3 is 0 Å². The molecule has 0 spiro atoms. The van der Waals surface area contributed by atoms with Crippen LogP contribution in [0.15, 0.2) is 110 Å². The maximum Gasteiger partial charge on any atom is 0.243 e. The topological polar surface area (TPSA) is 382 Å². The fraction of sp³-hybridized carbons (Fsp3) is 0.408. The summed E-state index contributed by atoms with van der Waals surface area (Å²) in [4.78, 5) is 173. The third kappa shape index (κ3) is 19.3. The number of nitrogens with two attached hydrogens (primary N) is 1. The summed E-state index contributed by atoms with van der Waals surface area (Å²) in [6.07, 6.45) is 5.34. The van der Waals surface area contributed by atoms with Gasteiger partial charge in [-0.3, -0.25) is 52.7 Å². The first kappa shape index (κ1) is 72.8. The fourth-order valence-corrected chi connectivity index (χ4v) is 14.9. The molecule has 100 heavy (non-hydrogen) atoms. The van der Waals surface area contributed by atoms with Gasteiger partial charge in [-0.15, -0.1) is 0 Å². The maximum absolute atomic E-state index is 15.4. The van der Waals surface area contributed by atoms with Gasteiger partial charge in [0.1, 0.15) is 47.9 Å². The van der Waals surface area contributed by atoms with Crippen molar-refractivity contribution in [3.63, 3.8) is 0 Å². The minimum absolute atomic E-state index is 0.00465. The molecule has 5 heterocycles. The van der Waals surface area contributed by atoms with Crippen molar-refractivity contribution in [3.8, 4) is 0 Å². The number of thioether (sulfide) groups is 2. The highest BCUT2D eigenvalue weighted by atomic mass is 32.2. The molecule has 14 N–H and O–H groups in total. The van der Waals surface area contributed by atoms with E-state index in [0.717, 1.165) is 16.7 Å².